The second-order valence-electron chi connectivity index (χ2n) is 13.6. The largest absolute Gasteiger partial charge is 0.370 e. The number of rotatable bonds is 20. The van der Waals surface area contributed by atoms with Crippen molar-refractivity contribution < 1.29 is 28.4 Å². The highest BCUT2D eigenvalue weighted by Gasteiger charge is 2.34. The van der Waals surface area contributed by atoms with E-state index in [0.717, 1.165) is 0 Å². The van der Waals surface area contributed by atoms with Crippen LogP contribution in [0.1, 0.15) is 51.2 Å². The van der Waals surface area contributed by atoms with Crippen LogP contribution in [0.15, 0.2) is 88.8 Å². The van der Waals surface area contributed by atoms with Gasteiger partial charge in [0.1, 0.15) is 30.0 Å². The third kappa shape index (κ3) is 14.4. The minimum absolute atomic E-state index is 0.0296. The minimum Gasteiger partial charge on any atom is -0.370 e. The number of amides is 5. The van der Waals surface area contributed by atoms with E-state index in [9.17, 15) is 28.4 Å². The quantitative estimate of drug-likeness (QED) is 0.0461. The summed E-state index contributed by atoms with van der Waals surface area (Å²) in [6.45, 7) is 5.22. The maximum Gasteiger partial charge on any atom is 0.244 e. The van der Waals surface area contributed by atoms with Gasteiger partial charge in [-0.15, -0.1) is 0 Å². The Morgan fingerprint density at radius 1 is 0.696 bits per heavy atom. The predicted molar refractivity (Wildman–Crippen MR) is 213 cm³/mol. The van der Waals surface area contributed by atoms with Crippen molar-refractivity contribution in [1.82, 2.24) is 16.0 Å². The van der Waals surface area contributed by atoms with Gasteiger partial charge in [0.05, 0.1) is 5.69 Å². The molecule has 3 aromatic carbocycles. The normalized spacial score (nSPS) is 12.9. The van der Waals surface area contributed by atoms with Crippen LogP contribution in [-0.2, 0) is 36.8 Å². The summed E-state index contributed by atoms with van der Waals surface area (Å²) in [6.07, 6.45) is 0.558. The molecule has 4 atom stereocenters. The number of benzene rings is 3. The molecule has 0 aliphatic heterocycles. The van der Waals surface area contributed by atoms with Gasteiger partial charge in [0.2, 0.25) is 29.5 Å². The van der Waals surface area contributed by atoms with Crippen molar-refractivity contribution in [1.29, 1.82) is 0 Å². The molecular formula is C39H52FN11O5. The number of primary amides is 1. The van der Waals surface area contributed by atoms with Gasteiger partial charge in [-0.05, 0) is 72.7 Å². The first-order valence-corrected chi connectivity index (χ1v) is 18.1. The number of hydrogen-bond donors (Lipinski definition) is 8. The van der Waals surface area contributed by atoms with E-state index in [1.807, 2.05) is 13.8 Å². The van der Waals surface area contributed by atoms with Crippen LogP contribution in [0.25, 0.3) is 0 Å². The molecule has 3 aromatic rings. The first kappa shape index (κ1) is 43.9. The van der Waals surface area contributed by atoms with Gasteiger partial charge in [0.25, 0.3) is 0 Å². The maximum absolute atomic E-state index is 14.4. The number of nitrogens with two attached hydrogens (primary N) is 5. The summed E-state index contributed by atoms with van der Waals surface area (Å²) in [5, 5.41) is 8.22. The third-order valence-corrected chi connectivity index (χ3v) is 8.54. The summed E-state index contributed by atoms with van der Waals surface area (Å²) >= 11 is 0. The SMILES string of the molecule is CC(=O)N(c1ccccc1)[C@@H](Cc1ccc(F)cc1)C(=O)N[C@@H](Cc1ccc(N=C(N)N)cc1)C(=O)N[C@@H](CC(C)C)C(=O)N[C@@H](CCCN=C(N)N)C(N)=O. The van der Waals surface area contributed by atoms with Crippen molar-refractivity contribution >= 4 is 52.8 Å². The van der Waals surface area contributed by atoms with Crippen LogP contribution in [-0.4, -0.2) is 72.2 Å². The van der Waals surface area contributed by atoms with E-state index >= 15 is 0 Å². The summed E-state index contributed by atoms with van der Waals surface area (Å²) in [4.78, 5) is 77.1. The van der Waals surface area contributed by atoms with E-state index in [4.69, 9.17) is 28.7 Å². The Hall–Kier alpha value is -6.52. The minimum atomic E-state index is -1.29. The number of para-hydroxylation sites is 1. The molecule has 17 heteroatoms. The van der Waals surface area contributed by atoms with E-state index in [1.165, 1.54) is 36.1 Å². The molecule has 0 bridgehead atoms. The molecule has 0 aliphatic rings. The Kier molecular flexibility index (Phi) is 16.8. The molecule has 0 aliphatic carbocycles. The predicted octanol–water partition coefficient (Wildman–Crippen LogP) is 0.977. The Balaban J connectivity index is 2.00. The molecule has 0 saturated carbocycles. The molecule has 0 saturated heterocycles. The first-order valence-electron chi connectivity index (χ1n) is 18.1. The molecule has 0 aromatic heterocycles. The number of carbonyl (C=O) groups excluding carboxylic acids is 5. The van der Waals surface area contributed by atoms with E-state index in [0.29, 0.717) is 28.9 Å². The second kappa shape index (κ2) is 21.4. The molecule has 0 radical (unpaired) electrons. The highest BCUT2D eigenvalue weighted by atomic mass is 19.1. The summed E-state index contributed by atoms with van der Waals surface area (Å²) < 4.78 is 13.9. The van der Waals surface area contributed by atoms with Gasteiger partial charge in [0.15, 0.2) is 11.9 Å². The van der Waals surface area contributed by atoms with Crippen LogP contribution in [0.2, 0.25) is 0 Å². The van der Waals surface area contributed by atoms with Crippen molar-refractivity contribution in [2.75, 3.05) is 11.4 Å². The molecule has 0 heterocycles. The first-order chi connectivity index (χ1) is 26.5. The highest BCUT2D eigenvalue weighted by Crippen LogP contribution is 2.21. The van der Waals surface area contributed by atoms with Gasteiger partial charge in [0, 0.05) is 32.0 Å². The molecule has 56 heavy (non-hydrogen) atoms. The maximum atomic E-state index is 14.4. The van der Waals surface area contributed by atoms with Gasteiger partial charge in [-0.3, -0.25) is 33.9 Å². The average Bonchev–Trinajstić information content (AvgIpc) is 3.13. The lowest BCUT2D eigenvalue weighted by molar-refractivity contribution is -0.134. The van der Waals surface area contributed by atoms with Crippen molar-refractivity contribution in [3.05, 3.63) is 95.8 Å². The second-order valence-corrected chi connectivity index (χ2v) is 13.6. The number of halogens is 1. The van der Waals surface area contributed by atoms with Crippen LogP contribution in [0.5, 0.6) is 0 Å². The molecule has 5 amide bonds. The summed E-state index contributed by atoms with van der Waals surface area (Å²) in [5.74, 6) is -4.14. The van der Waals surface area contributed by atoms with Crippen LogP contribution in [0.3, 0.4) is 0 Å². The Morgan fingerprint density at radius 3 is 1.80 bits per heavy atom. The fraction of sp³-hybridized carbons (Fsp3) is 0.359. The van der Waals surface area contributed by atoms with Crippen molar-refractivity contribution in [3.63, 3.8) is 0 Å². The fourth-order valence-electron chi connectivity index (χ4n) is 5.92. The van der Waals surface area contributed by atoms with E-state index in [2.05, 4.69) is 25.9 Å². The van der Waals surface area contributed by atoms with Gasteiger partial charge in [-0.1, -0.05) is 56.3 Å². The number of carbonyl (C=O) groups is 5. The van der Waals surface area contributed by atoms with Gasteiger partial charge < -0.3 is 44.6 Å². The zero-order valence-electron chi connectivity index (χ0n) is 31.8. The molecule has 0 spiro atoms. The smallest absolute Gasteiger partial charge is 0.244 e. The number of anilines is 1. The third-order valence-electron chi connectivity index (χ3n) is 8.54. The lowest BCUT2D eigenvalue weighted by atomic mass is 9.99. The van der Waals surface area contributed by atoms with Crippen molar-refractivity contribution in [2.24, 2.45) is 44.6 Å². The Bertz CT molecular complexity index is 1850. The van der Waals surface area contributed by atoms with Crippen molar-refractivity contribution in [2.45, 2.75) is 77.0 Å². The molecule has 3 rings (SSSR count). The van der Waals surface area contributed by atoms with Crippen LogP contribution < -0.4 is 49.5 Å². The lowest BCUT2D eigenvalue weighted by Gasteiger charge is -2.32. The topological polar surface area (TPSA) is 280 Å². The number of hydrogen-bond acceptors (Lipinski definition) is 7. The number of nitrogens with one attached hydrogen (secondary N) is 3. The fourth-order valence-corrected chi connectivity index (χ4v) is 5.92. The number of nitrogens with zero attached hydrogens (tertiary/aromatic N) is 3. The summed E-state index contributed by atoms with van der Waals surface area (Å²) in [7, 11) is 0. The zero-order valence-corrected chi connectivity index (χ0v) is 31.8. The van der Waals surface area contributed by atoms with Crippen LogP contribution in [0, 0.1) is 11.7 Å². The monoisotopic (exact) mass is 773 g/mol. The van der Waals surface area contributed by atoms with Crippen molar-refractivity contribution in [3.8, 4) is 0 Å². The van der Waals surface area contributed by atoms with Gasteiger partial charge in [-0.25, -0.2) is 9.38 Å². The van der Waals surface area contributed by atoms with Gasteiger partial charge in [-0.2, -0.15) is 0 Å². The molecular weight excluding hydrogens is 721 g/mol. The number of aliphatic imine (C=N–C) groups is 2. The molecule has 0 unspecified atom stereocenters. The van der Waals surface area contributed by atoms with Crippen LogP contribution in [0.4, 0.5) is 15.8 Å². The van der Waals surface area contributed by atoms with E-state index in [-0.39, 0.29) is 50.1 Å². The standard InChI is InChI=1S/C39H52FN11O5/c1-23(2)20-31(35(54)48-30(34(41)53)10-7-19-46-38(42)43)49-36(55)32(21-25-13-17-28(18-14-25)47-39(44)45)50-37(56)33(22-26-11-15-27(40)16-12-26)51(24(3)52)29-8-5-4-6-9-29/h4-6,8-9,11-18,23,30-33H,7,10,19-22H2,1-3H3,(H2,41,53)(H,48,54)(H,49,55)(H,50,56)(H4,42,43,46)(H4,44,45,47)/t30-,31-,32-,33-/m0/s1. The molecule has 16 nitrogen and oxygen atoms in total. The highest BCUT2D eigenvalue weighted by molar-refractivity contribution is 6.01. The van der Waals surface area contributed by atoms with Gasteiger partial charge >= 0.3 is 0 Å². The number of guanidine groups is 2. The molecule has 300 valence electrons. The lowest BCUT2D eigenvalue weighted by Crippen LogP contribution is -2.59. The van der Waals surface area contributed by atoms with Crippen LogP contribution >= 0.6 is 0 Å². The summed E-state index contributed by atoms with van der Waals surface area (Å²) in [5.41, 5.74) is 29.4. The Morgan fingerprint density at radius 2 is 1.25 bits per heavy atom. The average molecular weight is 774 g/mol. The molecule has 0 fully saturated rings. The summed E-state index contributed by atoms with van der Waals surface area (Å²) in [6, 6.07) is 16.0. The van der Waals surface area contributed by atoms with E-state index in [1.54, 1.807) is 54.6 Å². The van der Waals surface area contributed by atoms with E-state index < -0.39 is 59.5 Å². The Labute approximate surface area is 325 Å². The zero-order chi connectivity index (χ0) is 41.4. The molecule has 13 N–H and O–H groups in total.